The molecule has 1 heterocycles. The first-order valence-corrected chi connectivity index (χ1v) is 10.9. The minimum absolute atomic E-state index is 0.00562. The molecule has 23 heavy (non-hydrogen) atoms. The molecule has 0 saturated carbocycles. The minimum atomic E-state index is -1.83. The Kier molecular flexibility index (Phi) is 5.32. The van der Waals surface area contributed by atoms with E-state index in [0.29, 0.717) is 13.2 Å². The van der Waals surface area contributed by atoms with E-state index in [1.165, 1.54) is 6.08 Å². The quantitative estimate of drug-likeness (QED) is 0.636. The maximum Gasteiger partial charge on any atom is 0.333 e. The summed E-state index contributed by atoms with van der Waals surface area (Å²) < 4.78 is 11.3. The van der Waals surface area contributed by atoms with E-state index in [1.54, 1.807) is 0 Å². The Bertz CT molecular complexity index is 576. The Hall–Kier alpha value is -1.59. The van der Waals surface area contributed by atoms with Crippen LogP contribution in [0.4, 0.5) is 0 Å². The van der Waals surface area contributed by atoms with Crippen molar-refractivity contribution in [2.45, 2.75) is 44.9 Å². The lowest BCUT2D eigenvalue weighted by Crippen LogP contribution is -2.43. The second-order valence-electron chi connectivity index (χ2n) is 7.46. The first kappa shape index (κ1) is 17.8. The van der Waals surface area contributed by atoms with E-state index in [-0.39, 0.29) is 17.0 Å². The zero-order valence-electron chi connectivity index (χ0n) is 14.7. The molecule has 2 rings (SSSR count). The standard InChI is InChI=1S/C18H27NO3Si/c1-18(2,3)23(4,5)22-13-16(14-9-7-6-8-10-14)19-15-11-17(20)21-12-15/h6-11,16,19H,12-13H2,1-5H3/t16-/m0/s1. The lowest BCUT2D eigenvalue weighted by molar-refractivity contribution is -0.134. The van der Waals surface area contributed by atoms with Crippen LogP contribution >= 0.6 is 0 Å². The Balaban J connectivity index is 2.11. The number of rotatable bonds is 6. The Morgan fingerprint density at radius 1 is 1.26 bits per heavy atom. The van der Waals surface area contributed by atoms with E-state index in [2.05, 4.69) is 51.3 Å². The fraction of sp³-hybridized carbons (Fsp3) is 0.500. The highest BCUT2D eigenvalue weighted by Crippen LogP contribution is 2.37. The van der Waals surface area contributed by atoms with Gasteiger partial charge in [0, 0.05) is 6.08 Å². The molecule has 0 amide bonds. The number of cyclic esters (lactones) is 1. The molecule has 0 bridgehead atoms. The molecule has 1 N–H and O–H groups in total. The van der Waals surface area contributed by atoms with Crippen LogP contribution in [-0.4, -0.2) is 27.5 Å². The lowest BCUT2D eigenvalue weighted by Gasteiger charge is -2.37. The van der Waals surface area contributed by atoms with Crippen LogP contribution in [0.15, 0.2) is 42.1 Å². The third kappa shape index (κ3) is 4.69. The van der Waals surface area contributed by atoms with Gasteiger partial charge in [-0.2, -0.15) is 0 Å². The zero-order valence-corrected chi connectivity index (χ0v) is 15.7. The van der Waals surface area contributed by atoms with Crippen LogP contribution in [0, 0.1) is 0 Å². The van der Waals surface area contributed by atoms with Crippen molar-refractivity contribution >= 4 is 14.3 Å². The van der Waals surface area contributed by atoms with Gasteiger partial charge in [0.1, 0.15) is 6.61 Å². The Morgan fingerprint density at radius 3 is 2.43 bits per heavy atom. The number of nitrogens with one attached hydrogen (secondary N) is 1. The van der Waals surface area contributed by atoms with Crippen LogP contribution in [0.25, 0.3) is 0 Å². The van der Waals surface area contributed by atoms with E-state index >= 15 is 0 Å². The molecule has 0 fully saturated rings. The summed E-state index contributed by atoms with van der Waals surface area (Å²) in [7, 11) is -1.83. The summed E-state index contributed by atoms with van der Waals surface area (Å²) in [5, 5.41) is 3.57. The summed E-state index contributed by atoms with van der Waals surface area (Å²) in [5.74, 6) is -0.287. The first-order chi connectivity index (χ1) is 10.7. The number of carbonyl (C=O) groups excluding carboxylic acids is 1. The van der Waals surface area contributed by atoms with Gasteiger partial charge in [0.2, 0.25) is 0 Å². The highest BCUT2D eigenvalue weighted by atomic mass is 28.4. The number of ether oxygens (including phenoxy) is 1. The molecule has 0 radical (unpaired) electrons. The van der Waals surface area contributed by atoms with Gasteiger partial charge in [0.05, 0.1) is 18.3 Å². The van der Waals surface area contributed by atoms with Crippen LogP contribution in [0.2, 0.25) is 18.1 Å². The third-order valence-corrected chi connectivity index (χ3v) is 9.14. The van der Waals surface area contributed by atoms with Crippen LogP contribution < -0.4 is 5.32 Å². The molecular weight excluding hydrogens is 306 g/mol. The highest BCUT2D eigenvalue weighted by Gasteiger charge is 2.37. The van der Waals surface area contributed by atoms with Gasteiger partial charge in [-0.25, -0.2) is 4.79 Å². The summed E-state index contributed by atoms with van der Waals surface area (Å²) in [6.07, 6.45) is 1.52. The van der Waals surface area contributed by atoms with E-state index < -0.39 is 8.32 Å². The predicted molar refractivity (Wildman–Crippen MR) is 94.5 cm³/mol. The van der Waals surface area contributed by atoms with Gasteiger partial charge in [-0.15, -0.1) is 0 Å². The van der Waals surface area contributed by atoms with Gasteiger partial charge in [-0.05, 0) is 23.7 Å². The number of hydrogen-bond acceptors (Lipinski definition) is 4. The normalized spacial score (nSPS) is 16.7. The molecule has 0 spiro atoms. The monoisotopic (exact) mass is 333 g/mol. The first-order valence-electron chi connectivity index (χ1n) is 8.02. The molecule has 1 atom stereocenters. The van der Waals surface area contributed by atoms with Gasteiger partial charge in [0.25, 0.3) is 0 Å². The van der Waals surface area contributed by atoms with Gasteiger partial charge in [-0.3, -0.25) is 0 Å². The Labute approximate surface area is 140 Å². The van der Waals surface area contributed by atoms with Crippen molar-refractivity contribution in [3.8, 4) is 0 Å². The maximum absolute atomic E-state index is 11.3. The zero-order chi connectivity index (χ0) is 17.1. The fourth-order valence-corrected chi connectivity index (χ4v) is 3.11. The molecule has 126 valence electrons. The molecule has 1 aromatic rings. The SMILES string of the molecule is CC(C)(C)[Si](C)(C)OC[C@H](NC1=CC(=O)OC1)c1ccccc1. The van der Waals surface area contributed by atoms with Crippen molar-refractivity contribution < 1.29 is 14.0 Å². The van der Waals surface area contributed by atoms with E-state index in [9.17, 15) is 4.79 Å². The van der Waals surface area contributed by atoms with Crippen molar-refractivity contribution in [2.24, 2.45) is 0 Å². The van der Waals surface area contributed by atoms with Crippen molar-refractivity contribution in [2.75, 3.05) is 13.2 Å². The summed E-state index contributed by atoms with van der Waals surface area (Å²) in [4.78, 5) is 11.3. The van der Waals surface area contributed by atoms with Gasteiger partial charge < -0.3 is 14.5 Å². The van der Waals surface area contributed by atoms with Crippen molar-refractivity contribution in [1.82, 2.24) is 5.32 Å². The molecule has 5 heteroatoms. The molecule has 4 nitrogen and oxygen atoms in total. The van der Waals surface area contributed by atoms with Gasteiger partial charge >= 0.3 is 5.97 Å². The van der Waals surface area contributed by atoms with Crippen LogP contribution in [0.1, 0.15) is 32.4 Å². The molecule has 1 aliphatic rings. The molecule has 1 aliphatic heterocycles. The van der Waals surface area contributed by atoms with Crippen molar-refractivity contribution in [3.63, 3.8) is 0 Å². The number of benzene rings is 1. The summed E-state index contributed by atoms with van der Waals surface area (Å²) >= 11 is 0. The smallest absolute Gasteiger partial charge is 0.333 e. The van der Waals surface area contributed by atoms with Crippen LogP contribution in [-0.2, 0) is 14.0 Å². The van der Waals surface area contributed by atoms with Gasteiger partial charge in [0.15, 0.2) is 8.32 Å². The average Bonchev–Trinajstić information content (AvgIpc) is 2.88. The highest BCUT2D eigenvalue weighted by molar-refractivity contribution is 6.74. The second kappa shape index (κ2) is 6.89. The van der Waals surface area contributed by atoms with Crippen LogP contribution in [0.3, 0.4) is 0 Å². The summed E-state index contributed by atoms with van der Waals surface area (Å²) in [5.41, 5.74) is 1.95. The lowest BCUT2D eigenvalue weighted by atomic mass is 10.1. The Morgan fingerprint density at radius 2 is 1.91 bits per heavy atom. The molecule has 0 aliphatic carbocycles. The number of esters is 1. The molecule has 1 aromatic carbocycles. The van der Waals surface area contributed by atoms with E-state index in [1.807, 2.05) is 18.2 Å². The minimum Gasteiger partial charge on any atom is -0.456 e. The van der Waals surface area contributed by atoms with Gasteiger partial charge in [-0.1, -0.05) is 51.1 Å². The summed E-state index contributed by atoms with van der Waals surface area (Å²) in [6.45, 7) is 12.1. The topological polar surface area (TPSA) is 47.6 Å². The maximum atomic E-state index is 11.3. The molecule has 0 unspecified atom stereocenters. The number of carbonyl (C=O) groups is 1. The largest absolute Gasteiger partial charge is 0.456 e. The predicted octanol–water partition coefficient (Wildman–Crippen LogP) is 3.78. The summed E-state index contributed by atoms with van der Waals surface area (Å²) in [6, 6.07) is 10.2. The molecular formula is C18H27NO3Si. The number of hydrogen-bond donors (Lipinski definition) is 1. The van der Waals surface area contributed by atoms with Crippen molar-refractivity contribution in [1.29, 1.82) is 0 Å². The fourth-order valence-electron chi connectivity index (χ4n) is 2.10. The molecule has 0 aromatic heterocycles. The van der Waals surface area contributed by atoms with Crippen LogP contribution in [0.5, 0.6) is 0 Å². The van der Waals surface area contributed by atoms with E-state index in [0.717, 1.165) is 11.3 Å². The second-order valence-corrected chi connectivity index (χ2v) is 12.3. The third-order valence-electron chi connectivity index (χ3n) is 4.64. The van der Waals surface area contributed by atoms with E-state index in [4.69, 9.17) is 9.16 Å². The average molecular weight is 334 g/mol. The molecule has 0 saturated heterocycles. The van der Waals surface area contributed by atoms with Crippen molar-refractivity contribution in [3.05, 3.63) is 47.7 Å².